The normalized spacial score (nSPS) is 60.5. The van der Waals surface area contributed by atoms with E-state index in [0.29, 0.717) is 47.4 Å². The second-order valence-corrected chi connectivity index (χ2v) is 13.8. The number of carbonyl (C=O) groups is 1. The largest absolute Gasteiger partial charge is 0.396 e. The third-order valence-electron chi connectivity index (χ3n) is 13.2. The quantitative estimate of drug-likeness (QED) is 0.436. The van der Waals surface area contributed by atoms with Crippen molar-refractivity contribution in [1.29, 1.82) is 0 Å². The van der Waals surface area contributed by atoms with E-state index in [1.807, 2.05) is 0 Å². The minimum Gasteiger partial charge on any atom is -0.396 e. The van der Waals surface area contributed by atoms with Crippen LogP contribution in [0.5, 0.6) is 0 Å². The molecule has 0 radical (unpaired) electrons. The molecule has 1 saturated heterocycles. The summed E-state index contributed by atoms with van der Waals surface area (Å²) in [5, 5.41) is 10.6. The van der Waals surface area contributed by atoms with Gasteiger partial charge in [-0.25, -0.2) is 0 Å². The van der Waals surface area contributed by atoms with Crippen LogP contribution in [0.3, 0.4) is 0 Å². The average molecular weight is 441 g/mol. The minimum atomic E-state index is -0.116. The molecule has 0 unspecified atom stereocenters. The summed E-state index contributed by atoms with van der Waals surface area (Å²) in [4.78, 5) is 12.8. The number of carbonyl (C=O) groups excluding carboxylic acids is 1. The average Bonchev–Trinajstić information content (AvgIpc) is 3.47. The van der Waals surface area contributed by atoms with Gasteiger partial charge in [0.05, 0.1) is 6.10 Å². The van der Waals surface area contributed by atoms with Crippen LogP contribution in [0.1, 0.15) is 86.0 Å². The lowest BCUT2D eigenvalue weighted by atomic mass is 9.33. The Labute approximate surface area is 194 Å². The summed E-state index contributed by atoms with van der Waals surface area (Å²) in [5.74, 6) is 3.47. The van der Waals surface area contributed by atoms with E-state index < -0.39 is 0 Å². The van der Waals surface area contributed by atoms with Gasteiger partial charge in [-0.1, -0.05) is 39.8 Å². The Morgan fingerprint density at radius 1 is 1.03 bits per heavy atom. The number of hydrogen-bond acceptors (Lipinski definition) is 3. The highest BCUT2D eigenvalue weighted by Gasteiger charge is 2.75. The maximum Gasteiger partial charge on any atom is 0.167 e. The first-order valence-electron chi connectivity index (χ1n) is 13.5. The van der Waals surface area contributed by atoms with Crippen LogP contribution in [-0.2, 0) is 9.53 Å². The van der Waals surface area contributed by atoms with E-state index in [1.54, 1.807) is 0 Å². The first kappa shape index (κ1) is 21.8. The fourth-order valence-corrected chi connectivity index (χ4v) is 11.3. The molecular formula is C29H44O3. The van der Waals surface area contributed by atoms with Crippen LogP contribution in [0.4, 0.5) is 0 Å². The van der Waals surface area contributed by atoms with E-state index in [9.17, 15) is 9.90 Å². The Morgan fingerprint density at radius 2 is 1.78 bits per heavy atom. The zero-order valence-corrected chi connectivity index (χ0v) is 21.0. The number of fused-ring (bicyclic) bond motifs is 9. The summed E-state index contributed by atoms with van der Waals surface area (Å²) in [7, 11) is 0. The molecule has 3 nitrogen and oxygen atoms in total. The number of hydrogen-bond donors (Lipinski definition) is 1. The molecular weight excluding hydrogens is 396 g/mol. The smallest absolute Gasteiger partial charge is 0.167 e. The molecule has 0 amide bonds. The van der Waals surface area contributed by atoms with Crippen LogP contribution in [0.2, 0.25) is 0 Å². The lowest BCUT2D eigenvalue weighted by Gasteiger charge is -2.71. The maximum atomic E-state index is 12.8. The molecule has 0 spiro atoms. The maximum absolute atomic E-state index is 12.8. The second kappa shape index (κ2) is 6.51. The highest BCUT2D eigenvalue weighted by Crippen LogP contribution is 2.77. The van der Waals surface area contributed by atoms with Crippen molar-refractivity contribution in [3.05, 3.63) is 12.2 Å². The molecule has 178 valence electrons. The Morgan fingerprint density at radius 3 is 2.47 bits per heavy atom. The highest BCUT2D eigenvalue weighted by atomic mass is 16.6. The Hall–Kier alpha value is -0.670. The third kappa shape index (κ3) is 2.29. The van der Waals surface area contributed by atoms with Crippen molar-refractivity contribution in [2.45, 2.75) is 98.2 Å². The van der Waals surface area contributed by atoms with Gasteiger partial charge in [-0.05, 0) is 104 Å². The number of rotatable bonds is 2. The fourth-order valence-electron chi connectivity index (χ4n) is 11.3. The molecule has 0 aromatic carbocycles. The minimum absolute atomic E-state index is 0.116. The van der Waals surface area contributed by atoms with Gasteiger partial charge in [-0.15, -0.1) is 0 Å². The summed E-state index contributed by atoms with van der Waals surface area (Å²) in [6.45, 7) is 16.9. The molecule has 1 aliphatic heterocycles. The highest BCUT2D eigenvalue weighted by molar-refractivity contribution is 5.89. The Kier molecular flexibility index (Phi) is 4.44. The predicted molar refractivity (Wildman–Crippen MR) is 126 cm³/mol. The fraction of sp³-hybridized carbons (Fsp3) is 0.897. The zero-order chi connectivity index (χ0) is 22.8. The lowest BCUT2D eigenvalue weighted by Crippen LogP contribution is -2.66. The first-order valence-corrected chi connectivity index (χ1v) is 13.5. The van der Waals surface area contributed by atoms with Gasteiger partial charge in [-0.3, -0.25) is 4.79 Å². The van der Waals surface area contributed by atoms with Crippen molar-refractivity contribution in [3.63, 3.8) is 0 Å². The number of allylic oxidation sites excluding steroid dienone is 1. The molecule has 1 N–H and O–H groups in total. The number of epoxide rings is 1. The summed E-state index contributed by atoms with van der Waals surface area (Å²) in [6, 6.07) is 0. The zero-order valence-electron chi connectivity index (χ0n) is 21.0. The van der Waals surface area contributed by atoms with Crippen LogP contribution < -0.4 is 0 Å². The molecule has 6 rings (SSSR count). The topological polar surface area (TPSA) is 49.8 Å². The van der Waals surface area contributed by atoms with Gasteiger partial charge in [0, 0.05) is 17.9 Å². The summed E-state index contributed by atoms with van der Waals surface area (Å²) < 4.78 is 6.15. The van der Waals surface area contributed by atoms with E-state index >= 15 is 0 Å². The van der Waals surface area contributed by atoms with Crippen LogP contribution in [0, 0.1) is 57.2 Å². The number of aliphatic hydroxyl groups is 1. The van der Waals surface area contributed by atoms with Gasteiger partial charge >= 0.3 is 0 Å². The van der Waals surface area contributed by atoms with Crippen molar-refractivity contribution in [3.8, 4) is 0 Å². The Balaban J connectivity index is 1.41. The molecule has 12 atom stereocenters. The predicted octanol–water partition coefficient (Wildman–Crippen LogP) is 5.80. The van der Waals surface area contributed by atoms with Crippen LogP contribution in [-0.4, -0.2) is 29.7 Å². The SMILES string of the molecule is C=C(C)[C@@H]1CC[C@]2(CO)CC[C@]3(C)[C@H](CC[C@@H]4[C@]5(C)[C@@H](CC[C@]43C)[C@@H](C)C(=O)[C@@H]3O[C@@H]35)[C@@H]12. The molecule has 0 aromatic heterocycles. The molecule has 6 fully saturated rings. The van der Waals surface area contributed by atoms with E-state index in [-0.39, 0.29) is 34.4 Å². The molecule has 3 heteroatoms. The van der Waals surface area contributed by atoms with Crippen molar-refractivity contribution in [2.24, 2.45) is 57.2 Å². The van der Waals surface area contributed by atoms with Crippen LogP contribution >= 0.6 is 0 Å². The molecule has 6 aliphatic rings. The summed E-state index contributed by atoms with van der Waals surface area (Å²) in [6.07, 6.45) is 9.81. The van der Waals surface area contributed by atoms with Crippen molar-refractivity contribution >= 4 is 5.78 Å². The molecule has 5 saturated carbocycles. The van der Waals surface area contributed by atoms with Gasteiger partial charge in [0.15, 0.2) is 5.78 Å². The Bertz CT molecular complexity index is 864. The number of ketones is 1. The molecule has 32 heavy (non-hydrogen) atoms. The lowest BCUT2D eigenvalue weighted by molar-refractivity contribution is -0.229. The van der Waals surface area contributed by atoms with Crippen molar-refractivity contribution < 1.29 is 14.6 Å². The van der Waals surface area contributed by atoms with Gasteiger partial charge in [-0.2, -0.15) is 0 Å². The molecule has 5 aliphatic carbocycles. The molecule has 0 bridgehead atoms. The van der Waals surface area contributed by atoms with Crippen molar-refractivity contribution in [2.75, 3.05) is 6.61 Å². The molecule has 0 aromatic rings. The number of ether oxygens (including phenoxy) is 1. The van der Waals surface area contributed by atoms with Crippen LogP contribution in [0.25, 0.3) is 0 Å². The standard InChI is InChI=1S/C29H44O3/c1-16(2)18-9-12-29(15-30)14-13-26(4)20(22(18)29)7-8-21-27(26,5)11-10-19-17(3)23(31)24-25(32-24)28(19,21)6/h17-22,24-25,30H,1,7-15H2,2-6H3/t17-,18+,19+,20-,21+,22-,24+,25+,26-,27-,28+,29-/m1/s1. The molecule has 1 heterocycles. The first-order chi connectivity index (χ1) is 15.0. The van der Waals surface area contributed by atoms with E-state index in [4.69, 9.17) is 4.74 Å². The van der Waals surface area contributed by atoms with Crippen LogP contribution in [0.15, 0.2) is 12.2 Å². The summed E-state index contributed by atoms with van der Waals surface area (Å²) >= 11 is 0. The van der Waals surface area contributed by atoms with Crippen molar-refractivity contribution in [1.82, 2.24) is 0 Å². The second-order valence-electron chi connectivity index (χ2n) is 13.8. The summed E-state index contributed by atoms with van der Waals surface area (Å²) in [5.41, 5.74) is 2.16. The van der Waals surface area contributed by atoms with E-state index in [1.165, 1.54) is 56.9 Å². The number of Topliss-reactive ketones (excluding diaryl/α,β-unsaturated/α-hetero) is 1. The van der Waals surface area contributed by atoms with Gasteiger partial charge in [0.1, 0.15) is 6.10 Å². The third-order valence-corrected chi connectivity index (χ3v) is 13.2. The van der Waals surface area contributed by atoms with E-state index in [0.717, 1.165) is 0 Å². The van der Waals surface area contributed by atoms with Gasteiger partial charge in [0.2, 0.25) is 0 Å². The van der Waals surface area contributed by atoms with E-state index in [2.05, 4.69) is 41.2 Å². The number of aliphatic hydroxyl groups excluding tert-OH is 1. The monoisotopic (exact) mass is 440 g/mol. The van der Waals surface area contributed by atoms with Gasteiger partial charge < -0.3 is 9.84 Å². The van der Waals surface area contributed by atoms with Gasteiger partial charge in [0.25, 0.3) is 0 Å².